The first kappa shape index (κ1) is 10.2. The minimum absolute atomic E-state index is 0.415. The highest BCUT2D eigenvalue weighted by Gasteiger charge is 2.01. The summed E-state index contributed by atoms with van der Waals surface area (Å²) >= 11 is 0. The predicted molar refractivity (Wildman–Crippen MR) is 49.8 cm³/mol. The van der Waals surface area contributed by atoms with Crippen LogP contribution >= 0.6 is 0 Å². The van der Waals surface area contributed by atoms with Gasteiger partial charge < -0.3 is 0 Å². The van der Waals surface area contributed by atoms with E-state index in [1.54, 1.807) is 10.9 Å². The number of rotatable bonds is 4. The van der Waals surface area contributed by atoms with Crippen molar-refractivity contribution >= 4 is 10.0 Å². The summed E-state index contributed by atoms with van der Waals surface area (Å²) in [6.07, 6.45) is 3.50. The Hall–Kier alpha value is -0.880. The Balaban J connectivity index is 2.41. The molecule has 0 atom stereocenters. The molecule has 0 saturated heterocycles. The minimum Gasteiger partial charge on any atom is -0.273 e. The third-order valence-electron chi connectivity index (χ3n) is 1.67. The first-order valence-corrected chi connectivity index (χ1v) is 5.80. The van der Waals surface area contributed by atoms with Crippen molar-refractivity contribution < 1.29 is 8.42 Å². The Labute approximate surface area is 77.8 Å². The molecule has 6 heteroatoms. The van der Waals surface area contributed by atoms with E-state index in [1.807, 2.05) is 13.1 Å². The normalized spacial score (nSPS) is 11.8. The fourth-order valence-corrected chi connectivity index (χ4v) is 1.48. The second-order valence-electron chi connectivity index (χ2n) is 2.86. The molecule has 0 aliphatic rings. The van der Waals surface area contributed by atoms with Gasteiger partial charge in [0.2, 0.25) is 10.0 Å². The van der Waals surface area contributed by atoms with Crippen LogP contribution in [0, 0.1) is 0 Å². The van der Waals surface area contributed by atoms with Gasteiger partial charge in [0.25, 0.3) is 0 Å². The fourth-order valence-electron chi connectivity index (χ4n) is 1.01. The number of nitrogens with one attached hydrogen (secondary N) is 1. The molecule has 0 fully saturated rings. The van der Waals surface area contributed by atoms with E-state index in [4.69, 9.17) is 0 Å². The van der Waals surface area contributed by atoms with Gasteiger partial charge in [0.15, 0.2) is 0 Å². The fraction of sp³-hybridized carbons (Fsp3) is 0.571. The van der Waals surface area contributed by atoms with Gasteiger partial charge in [0.05, 0.1) is 6.26 Å². The minimum atomic E-state index is -3.07. The average Bonchev–Trinajstić information content (AvgIpc) is 2.34. The maximum absolute atomic E-state index is 10.7. The van der Waals surface area contributed by atoms with E-state index < -0.39 is 10.0 Å². The van der Waals surface area contributed by atoms with Gasteiger partial charge in [0, 0.05) is 31.9 Å². The topological polar surface area (TPSA) is 64.0 Å². The highest BCUT2D eigenvalue weighted by Crippen LogP contribution is 1.96. The summed E-state index contributed by atoms with van der Waals surface area (Å²) in [5.74, 6) is 0. The molecule has 1 rings (SSSR count). The van der Waals surface area contributed by atoms with Crippen LogP contribution in [0.2, 0.25) is 0 Å². The van der Waals surface area contributed by atoms with Gasteiger partial charge in [-0.1, -0.05) is 0 Å². The van der Waals surface area contributed by atoms with E-state index in [2.05, 4.69) is 9.82 Å². The highest BCUT2D eigenvalue weighted by molar-refractivity contribution is 7.88. The zero-order chi connectivity index (χ0) is 9.90. The molecule has 13 heavy (non-hydrogen) atoms. The summed E-state index contributed by atoms with van der Waals surface area (Å²) in [5, 5.41) is 3.97. The Morgan fingerprint density at radius 3 is 2.77 bits per heavy atom. The van der Waals surface area contributed by atoms with Crippen LogP contribution in [-0.4, -0.2) is 31.0 Å². The third kappa shape index (κ3) is 3.56. The molecule has 1 N–H and O–H groups in total. The van der Waals surface area contributed by atoms with Crippen LogP contribution in [0.5, 0.6) is 0 Å². The summed E-state index contributed by atoms with van der Waals surface area (Å²) in [7, 11) is -1.24. The van der Waals surface area contributed by atoms with Gasteiger partial charge >= 0.3 is 0 Å². The largest absolute Gasteiger partial charge is 0.273 e. The Morgan fingerprint density at radius 1 is 1.62 bits per heavy atom. The van der Waals surface area contributed by atoms with E-state index in [-0.39, 0.29) is 0 Å². The van der Waals surface area contributed by atoms with Crippen molar-refractivity contribution in [2.24, 2.45) is 7.05 Å². The second kappa shape index (κ2) is 3.89. The number of hydrogen-bond acceptors (Lipinski definition) is 3. The smallest absolute Gasteiger partial charge is 0.208 e. The molecule has 1 aromatic rings. The molecule has 0 bridgehead atoms. The van der Waals surface area contributed by atoms with Gasteiger partial charge in [-0.2, -0.15) is 5.10 Å². The van der Waals surface area contributed by atoms with Crippen LogP contribution in [0.15, 0.2) is 12.3 Å². The summed E-state index contributed by atoms with van der Waals surface area (Å²) in [4.78, 5) is 0. The Morgan fingerprint density at radius 2 is 2.31 bits per heavy atom. The van der Waals surface area contributed by atoms with Crippen LogP contribution < -0.4 is 4.72 Å². The molecule has 1 aromatic heterocycles. The SMILES string of the molecule is Cn1nccc1CCNS(C)(=O)=O. The number of nitrogens with zero attached hydrogens (tertiary/aromatic N) is 2. The molecule has 0 radical (unpaired) electrons. The van der Waals surface area contributed by atoms with E-state index in [0.717, 1.165) is 11.9 Å². The van der Waals surface area contributed by atoms with Crippen molar-refractivity contribution in [2.45, 2.75) is 6.42 Å². The van der Waals surface area contributed by atoms with Gasteiger partial charge in [-0.3, -0.25) is 4.68 Å². The monoisotopic (exact) mass is 203 g/mol. The van der Waals surface area contributed by atoms with Crippen molar-refractivity contribution in [1.29, 1.82) is 0 Å². The zero-order valence-electron chi connectivity index (χ0n) is 7.69. The van der Waals surface area contributed by atoms with E-state index in [0.29, 0.717) is 13.0 Å². The van der Waals surface area contributed by atoms with Crippen LogP contribution in [-0.2, 0) is 23.5 Å². The molecule has 0 aromatic carbocycles. The number of sulfonamides is 1. The van der Waals surface area contributed by atoms with Crippen molar-refractivity contribution in [3.8, 4) is 0 Å². The lowest BCUT2D eigenvalue weighted by molar-refractivity contribution is 0.586. The molecule has 1 heterocycles. The Kier molecular flexibility index (Phi) is 3.05. The van der Waals surface area contributed by atoms with Crippen molar-refractivity contribution in [2.75, 3.05) is 12.8 Å². The number of aryl methyl sites for hydroxylation is 1. The zero-order valence-corrected chi connectivity index (χ0v) is 8.50. The first-order valence-electron chi connectivity index (χ1n) is 3.90. The molecule has 0 amide bonds. The molecule has 0 spiro atoms. The second-order valence-corrected chi connectivity index (χ2v) is 4.70. The molecule has 0 saturated carbocycles. The van der Waals surface area contributed by atoms with Crippen LogP contribution in [0.3, 0.4) is 0 Å². The lowest BCUT2D eigenvalue weighted by atomic mass is 10.3. The average molecular weight is 203 g/mol. The summed E-state index contributed by atoms with van der Waals surface area (Å²) < 4.78 is 25.6. The maximum atomic E-state index is 10.7. The molecule has 0 unspecified atom stereocenters. The van der Waals surface area contributed by atoms with Gasteiger partial charge in [0.1, 0.15) is 0 Å². The molecule has 74 valence electrons. The van der Waals surface area contributed by atoms with Gasteiger partial charge in [-0.15, -0.1) is 0 Å². The van der Waals surface area contributed by atoms with Gasteiger partial charge in [-0.05, 0) is 6.07 Å². The maximum Gasteiger partial charge on any atom is 0.208 e. The number of aromatic nitrogens is 2. The Bertz CT molecular complexity index is 369. The summed E-state index contributed by atoms with van der Waals surface area (Å²) in [6.45, 7) is 0.415. The van der Waals surface area contributed by atoms with Crippen LogP contribution in [0.1, 0.15) is 5.69 Å². The lowest BCUT2D eigenvalue weighted by Crippen LogP contribution is -2.24. The van der Waals surface area contributed by atoms with Crippen molar-refractivity contribution in [3.63, 3.8) is 0 Å². The molecular weight excluding hydrogens is 190 g/mol. The van der Waals surface area contributed by atoms with Crippen molar-refractivity contribution in [3.05, 3.63) is 18.0 Å². The van der Waals surface area contributed by atoms with E-state index >= 15 is 0 Å². The third-order valence-corrected chi connectivity index (χ3v) is 2.40. The molecule has 5 nitrogen and oxygen atoms in total. The summed E-state index contributed by atoms with van der Waals surface area (Å²) in [5.41, 5.74) is 1.01. The quantitative estimate of drug-likeness (QED) is 0.718. The molecule has 0 aliphatic carbocycles. The molecular formula is C7H13N3O2S. The lowest BCUT2D eigenvalue weighted by Gasteiger charge is -2.02. The predicted octanol–water partition coefficient (Wildman–Crippen LogP) is -0.488. The van der Waals surface area contributed by atoms with Crippen LogP contribution in [0.4, 0.5) is 0 Å². The first-order chi connectivity index (χ1) is 5.99. The van der Waals surface area contributed by atoms with E-state index in [1.165, 1.54) is 0 Å². The number of hydrogen-bond donors (Lipinski definition) is 1. The van der Waals surface area contributed by atoms with E-state index in [9.17, 15) is 8.42 Å². The van der Waals surface area contributed by atoms with Crippen molar-refractivity contribution in [1.82, 2.24) is 14.5 Å². The van der Waals surface area contributed by atoms with Gasteiger partial charge in [-0.25, -0.2) is 13.1 Å². The molecule has 0 aliphatic heterocycles. The van der Waals surface area contributed by atoms with Crippen LogP contribution in [0.25, 0.3) is 0 Å². The summed E-state index contributed by atoms with van der Waals surface area (Å²) in [6, 6.07) is 1.87. The standard InChI is InChI=1S/C7H13N3O2S/c1-10-7(3-5-8-10)4-6-9-13(2,11)12/h3,5,9H,4,6H2,1-2H3. The highest BCUT2D eigenvalue weighted by atomic mass is 32.2.